The number of carbonyl (C=O) groups is 4. The number of aryl methyl sites for hydroxylation is 1. The van der Waals surface area contributed by atoms with E-state index >= 15 is 0 Å². The molecule has 4 aromatic carbocycles. The predicted molar refractivity (Wildman–Crippen MR) is 245 cm³/mol. The Labute approximate surface area is 367 Å². The van der Waals surface area contributed by atoms with E-state index < -0.39 is 17.5 Å². The van der Waals surface area contributed by atoms with Crippen molar-refractivity contribution in [3.63, 3.8) is 0 Å². The molecule has 4 aliphatic rings. The van der Waals surface area contributed by atoms with Gasteiger partial charge >= 0.3 is 5.97 Å². The molecule has 1 heterocycles. The monoisotopic (exact) mass is 1090 g/mol. The first kappa shape index (κ1) is 43.2. The van der Waals surface area contributed by atoms with Gasteiger partial charge < -0.3 is 9.84 Å². The van der Waals surface area contributed by atoms with Crippen molar-refractivity contribution in [2.45, 2.75) is 70.1 Å². The lowest BCUT2D eigenvalue weighted by Gasteiger charge is -2.31. The molecular weight excluding hydrogens is 1050 g/mol. The van der Waals surface area contributed by atoms with Gasteiger partial charge in [0, 0.05) is 64.5 Å². The number of allylic oxidation sites excluding steroid dienone is 3. The topological polar surface area (TPSA) is 97.7 Å². The molecule has 1 aliphatic heterocycles. The third-order valence-corrected chi connectivity index (χ3v) is 11.4. The summed E-state index contributed by atoms with van der Waals surface area (Å²) in [5, 5.41) is 11.4. The Morgan fingerprint density at radius 1 is 0.600 bits per heavy atom. The van der Waals surface area contributed by atoms with Gasteiger partial charge in [-0.05, 0) is 117 Å². The fourth-order valence-corrected chi connectivity index (χ4v) is 8.31. The number of Topliss-reactive ketones (excluding diaryl/α,β-unsaturated/α-hetero) is 3. The maximum absolute atomic E-state index is 12.6. The molecule has 0 radical (unpaired) electrons. The molecular formula is C45H42ClI3O6. The maximum Gasteiger partial charge on any atom is 0.344 e. The van der Waals surface area contributed by atoms with Gasteiger partial charge in [0.2, 0.25) is 17.3 Å². The minimum absolute atomic E-state index is 0. The second kappa shape index (κ2) is 20.0. The number of ether oxygens (including phenoxy) is 1. The van der Waals surface area contributed by atoms with Crippen molar-refractivity contribution in [1.82, 2.24) is 0 Å². The molecule has 4 aromatic rings. The van der Waals surface area contributed by atoms with Crippen LogP contribution in [-0.4, -0.2) is 28.4 Å². The molecule has 3 aliphatic carbocycles. The van der Waals surface area contributed by atoms with Crippen LogP contribution in [0.1, 0.15) is 117 Å². The summed E-state index contributed by atoms with van der Waals surface area (Å²) < 4.78 is 5.31. The molecule has 0 atom stereocenters. The highest BCUT2D eigenvalue weighted by Crippen LogP contribution is 2.43. The lowest BCUT2D eigenvalue weighted by atomic mass is 9.72. The van der Waals surface area contributed by atoms with Crippen LogP contribution in [0, 0.1) is 18.8 Å². The number of esters is 1. The highest BCUT2D eigenvalue weighted by Gasteiger charge is 2.38. The molecule has 0 saturated heterocycles. The van der Waals surface area contributed by atoms with Gasteiger partial charge in [-0.2, -0.15) is 0 Å². The van der Waals surface area contributed by atoms with Crippen molar-refractivity contribution in [1.29, 1.82) is 0 Å². The summed E-state index contributed by atoms with van der Waals surface area (Å²) in [4.78, 5) is 49.8. The number of fused-ring (bicyclic) bond motifs is 2. The molecule has 55 heavy (non-hydrogen) atoms. The first-order chi connectivity index (χ1) is 26.2. The van der Waals surface area contributed by atoms with E-state index in [1.807, 2.05) is 18.2 Å². The Morgan fingerprint density at radius 3 is 1.62 bits per heavy atom. The number of hydrogen-bond acceptors (Lipinski definition) is 6. The number of aliphatic hydroxyl groups excluding tert-OH is 1. The van der Waals surface area contributed by atoms with Crippen LogP contribution in [0.5, 0.6) is 0 Å². The van der Waals surface area contributed by atoms with Crippen molar-refractivity contribution < 1.29 is 29.0 Å². The van der Waals surface area contributed by atoms with Crippen LogP contribution in [0.25, 0.3) is 5.76 Å². The van der Waals surface area contributed by atoms with Gasteiger partial charge in [-0.15, -0.1) is 24.0 Å². The molecule has 10 heteroatoms. The Hall–Kier alpha value is -2.88. The van der Waals surface area contributed by atoms with Crippen LogP contribution in [0.3, 0.4) is 0 Å². The van der Waals surface area contributed by atoms with Gasteiger partial charge in [-0.3, -0.25) is 14.4 Å². The van der Waals surface area contributed by atoms with E-state index in [1.54, 1.807) is 48.5 Å². The van der Waals surface area contributed by atoms with E-state index in [2.05, 4.69) is 80.6 Å². The van der Waals surface area contributed by atoms with Crippen LogP contribution in [0.4, 0.5) is 0 Å². The third kappa shape index (κ3) is 9.99. The largest absolute Gasteiger partial charge is 0.507 e. The second-order valence-electron chi connectivity index (χ2n) is 14.4. The van der Waals surface area contributed by atoms with Crippen LogP contribution in [0.15, 0.2) is 114 Å². The van der Waals surface area contributed by atoms with E-state index in [9.17, 15) is 24.3 Å². The van der Waals surface area contributed by atoms with E-state index in [-0.39, 0.29) is 53.1 Å². The minimum atomic E-state index is -0.528. The molecule has 0 aromatic heterocycles. The smallest absolute Gasteiger partial charge is 0.344 e. The third-order valence-electron chi connectivity index (χ3n) is 11.1. The minimum Gasteiger partial charge on any atom is -0.507 e. The zero-order chi connectivity index (χ0) is 38.4. The van der Waals surface area contributed by atoms with Crippen LogP contribution in [0.2, 0.25) is 5.02 Å². The standard InChI is InChI=1S/C23H22O3.C22H19ClO3.I2.HI/c1-14-6-8-15(9-7-14)16-10-12-17(13-11-16)20-21(24)18-4-2-3-5-19(18)22(25)23(20)26;23-17-11-9-16(10-12-17)15-7-5-14(6-8-15)13-20-21(24)18-3-1-2-4-19(18)22(25)26-20;1-2;/h2-9,16-17,24H,10-13H2,1H3;1-4,9-15H,5-8H2;;1H/b;20-13-;;. The Balaban J connectivity index is 0.000000199. The average Bonchev–Trinajstić information content (AvgIpc) is 3.21. The van der Waals surface area contributed by atoms with Crippen molar-refractivity contribution in [3.05, 3.63) is 158 Å². The summed E-state index contributed by atoms with van der Waals surface area (Å²) in [5.74, 6) is -0.247. The number of benzene rings is 4. The molecule has 1 N–H and O–H groups in total. The predicted octanol–water partition coefficient (Wildman–Crippen LogP) is 12.9. The lowest BCUT2D eigenvalue weighted by molar-refractivity contribution is -0.112. The van der Waals surface area contributed by atoms with Crippen LogP contribution < -0.4 is 0 Å². The highest BCUT2D eigenvalue weighted by atomic mass is 128. The SMILES string of the molecule is Cc1ccc(C2CCC(C3=C(O)c4ccccc4C(=O)C3=O)CC2)cc1.I.II.O=C1O/C(=C\C2CCC(c3ccc(Cl)cc3)CC2)C(=O)c2ccccc21. The number of hydrogen-bond donors (Lipinski definition) is 1. The van der Waals surface area contributed by atoms with Gasteiger partial charge in [0.05, 0.1) is 5.56 Å². The van der Waals surface area contributed by atoms with Crippen molar-refractivity contribution >= 4 is 102 Å². The van der Waals surface area contributed by atoms with E-state index in [1.165, 1.54) is 16.7 Å². The summed E-state index contributed by atoms with van der Waals surface area (Å²) in [6.07, 6.45) is 9.48. The average molecular weight is 1090 g/mol. The lowest BCUT2D eigenvalue weighted by Crippen LogP contribution is -2.29. The van der Waals surface area contributed by atoms with Crippen LogP contribution >= 0.6 is 72.8 Å². The molecule has 0 spiro atoms. The number of carbonyl (C=O) groups excluding carboxylic acids is 4. The van der Waals surface area contributed by atoms with Crippen molar-refractivity contribution in [2.24, 2.45) is 11.8 Å². The Bertz CT molecular complexity index is 2090. The van der Waals surface area contributed by atoms with E-state index in [4.69, 9.17) is 16.3 Å². The first-order valence-electron chi connectivity index (χ1n) is 18.3. The number of cyclic esters (lactones) is 1. The van der Waals surface area contributed by atoms with Crippen molar-refractivity contribution in [3.8, 4) is 0 Å². The summed E-state index contributed by atoms with van der Waals surface area (Å²) in [5.41, 5.74) is 5.82. The molecule has 0 bridgehead atoms. The zero-order valence-corrected chi connectivity index (χ0v) is 37.7. The van der Waals surface area contributed by atoms with Gasteiger partial charge in [-0.1, -0.05) is 96.0 Å². The van der Waals surface area contributed by atoms with Gasteiger partial charge in [0.1, 0.15) is 5.76 Å². The van der Waals surface area contributed by atoms with E-state index in [0.29, 0.717) is 39.7 Å². The zero-order valence-electron chi connectivity index (χ0n) is 30.3. The maximum atomic E-state index is 12.6. The Kier molecular flexibility index (Phi) is 15.7. The number of halogens is 4. The molecule has 2 saturated carbocycles. The fourth-order valence-electron chi connectivity index (χ4n) is 8.19. The van der Waals surface area contributed by atoms with Gasteiger partial charge in [0.25, 0.3) is 0 Å². The second-order valence-corrected chi connectivity index (χ2v) is 14.8. The first-order valence-corrected chi connectivity index (χ1v) is 25.0. The normalized spacial score (nSPS) is 22.5. The molecule has 8 rings (SSSR count). The van der Waals surface area contributed by atoms with Crippen LogP contribution in [-0.2, 0) is 9.53 Å². The molecule has 0 unspecified atom stereocenters. The van der Waals surface area contributed by atoms with Crippen molar-refractivity contribution in [2.75, 3.05) is 0 Å². The summed E-state index contributed by atoms with van der Waals surface area (Å²) in [6.45, 7) is 2.08. The molecule has 2 fully saturated rings. The molecule has 6 nitrogen and oxygen atoms in total. The summed E-state index contributed by atoms with van der Waals surface area (Å²) in [7, 11) is 0. The quantitative estimate of drug-likeness (QED) is 0.0946. The van der Waals surface area contributed by atoms with E-state index in [0.717, 1.165) is 56.4 Å². The van der Waals surface area contributed by atoms with Gasteiger partial charge in [-0.25, -0.2) is 4.79 Å². The highest BCUT2D eigenvalue weighted by molar-refractivity contribution is 15.0. The summed E-state index contributed by atoms with van der Waals surface area (Å²) in [6, 6.07) is 30.3. The number of aliphatic hydroxyl groups is 1. The summed E-state index contributed by atoms with van der Waals surface area (Å²) >= 11 is 10.2. The number of ketones is 3. The fraction of sp³-hybridized carbons (Fsp3) is 0.289. The van der Waals surface area contributed by atoms with Gasteiger partial charge in [0.15, 0.2) is 5.76 Å². The Morgan fingerprint density at radius 2 is 1.05 bits per heavy atom. The molecule has 286 valence electrons. The molecule has 0 amide bonds. The number of rotatable bonds is 4.